The minimum atomic E-state index is -1.18. The Bertz CT molecular complexity index is 1060. The summed E-state index contributed by atoms with van der Waals surface area (Å²) in [5.74, 6) is -2.08. The standard InChI is InChI=1S/C21H20F3N3O2S/c1-11-7-15(23)9-17-19(11)29-10-13(5-6-25)21(17)27(12(2)28)26-20(30-21)16-8-14(22)3-4-18(16)24/h3-4,7-9,13H,5-6,10,25H2,1-2H3/t13-,21+/m0/s1. The molecule has 2 aliphatic heterocycles. The van der Waals surface area contributed by atoms with Gasteiger partial charge < -0.3 is 10.5 Å². The van der Waals surface area contributed by atoms with Crippen LogP contribution in [0.25, 0.3) is 0 Å². The first-order valence-electron chi connectivity index (χ1n) is 9.45. The quantitative estimate of drug-likeness (QED) is 0.795. The highest BCUT2D eigenvalue weighted by Crippen LogP contribution is 2.58. The molecule has 0 radical (unpaired) electrons. The number of fused-ring (bicyclic) bond motifs is 2. The van der Waals surface area contributed by atoms with E-state index in [0.717, 1.165) is 30.0 Å². The third-order valence-electron chi connectivity index (χ3n) is 5.34. The molecule has 5 nitrogen and oxygen atoms in total. The average Bonchev–Trinajstić information content (AvgIpc) is 3.08. The maximum atomic E-state index is 14.5. The molecule has 0 aromatic heterocycles. The molecule has 2 N–H and O–H groups in total. The predicted molar refractivity (Wildman–Crippen MR) is 108 cm³/mol. The molecule has 0 bridgehead atoms. The summed E-state index contributed by atoms with van der Waals surface area (Å²) in [6.07, 6.45) is 0.459. The molecule has 1 amide bonds. The van der Waals surface area contributed by atoms with Crippen LogP contribution in [0, 0.1) is 30.3 Å². The molecule has 0 fully saturated rings. The van der Waals surface area contributed by atoms with Crippen molar-refractivity contribution in [3.63, 3.8) is 0 Å². The molecule has 30 heavy (non-hydrogen) atoms. The molecule has 2 heterocycles. The summed E-state index contributed by atoms with van der Waals surface area (Å²) >= 11 is 1.10. The van der Waals surface area contributed by atoms with E-state index >= 15 is 0 Å². The van der Waals surface area contributed by atoms with Gasteiger partial charge in [-0.1, -0.05) is 11.8 Å². The molecule has 0 saturated heterocycles. The fraction of sp³-hybridized carbons (Fsp3) is 0.333. The molecule has 0 aliphatic carbocycles. The number of halogens is 3. The number of carbonyl (C=O) groups excluding carboxylic acids is 1. The van der Waals surface area contributed by atoms with Crippen LogP contribution in [0.4, 0.5) is 13.2 Å². The second kappa shape index (κ2) is 7.63. The number of benzene rings is 2. The predicted octanol–water partition coefficient (Wildman–Crippen LogP) is 3.88. The van der Waals surface area contributed by atoms with Crippen molar-refractivity contribution in [2.75, 3.05) is 13.2 Å². The zero-order valence-electron chi connectivity index (χ0n) is 16.4. The lowest BCUT2D eigenvalue weighted by atomic mass is 9.85. The van der Waals surface area contributed by atoms with Gasteiger partial charge in [0.15, 0.2) is 4.87 Å². The number of nitrogens with two attached hydrogens (primary N) is 1. The van der Waals surface area contributed by atoms with E-state index in [0.29, 0.717) is 29.8 Å². The van der Waals surface area contributed by atoms with Crippen molar-refractivity contribution in [1.29, 1.82) is 0 Å². The molecule has 4 rings (SSSR count). The van der Waals surface area contributed by atoms with E-state index < -0.39 is 28.2 Å². The first kappa shape index (κ1) is 20.7. The van der Waals surface area contributed by atoms with Gasteiger partial charge >= 0.3 is 0 Å². The van der Waals surface area contributed by atoms with Crippen LogP contribution in [0.1, 0.15) is 30.0 Å². The molecular formula is C21H20F3N3O2S. The van der Waals surface area contributed by atoms with E-state index in [1.165, 1.54) is 24.1 Å². The van der Waals surface area contributed by atoms with Crippen LogP contribution < -0.4 is 10.5 Å². The average molecular weight is 435 g/mol. The van der Waals surface area contributed by atoms with Crippen molar-refractivity contribution >= 4 is 22.7 Å². The summed E-state index contributed by atoms with van der Waals surface area (Å²) in [6, 6.07) is 5.72. The summed E-state index contributed by atoms with van der Waals surface area (Å²) in [5, 5.41) is 5.74. The van der Waals surface area contributed by atoms with Gasteiger partial charge in [-0.25, -0.2) is 18.2 Å². The second-order valence-electron chi connectivity index (χ2n) is 7.34. The molecule has 9 heteroatoms. The van der Waals surface area contributed by atoms with Crippen LogP contribution >= 0.6 is 11.8 Å². The normalized spacial score (nSPS) is 22.7. The fourth-order valence-electron chi connectivity index (χ4n) is 4.06. The van der Waals surface area contributed by atoms with Gasteiger partial charge in [-0.3, -0.25) is 4.79 Å². The Morgan fingerprint density at radius 3 is 2.77 bits per heavy atom. The summed E-state index contributed by atoms with van der Waals surface area (Å²) in [4.78, 5) is 11.5. The second-order valence-corrected chi connectivity index (χ2v) is 8.56. The van der Waals surface area contributed by atoms with Crippen LogP contribution in [0.5, 0.6) is 5.75 Å². The fourth-order valence-corrected chi connectivity index (χ4v) is 5.61. The van der Waals surface area contributed by atoms with Crippen LogP contribution in [-0.4, -0.2) is 29.1 Å². The Morgan fingerprint density at radius 2 is 2.07 bits per heavy atom. The van der Waals surface area contributed by atoms with E-state index in [9.17, 15) is 18.0 Å². The third kappa shape index (κ3) is 3.16. The maximum absolute atomic E-state index is 14.5. The Hall–Kier alpha value is -2.52. The van der Waals surface area contributed by atoms with Gasteiger partial charge in [0, 0.05) is 24.0 Å². The van der Waals surface area contributed by atoms with Crippen molar-refractivity contribution in [3.05, 3.63) is 64.5 Å². The number of hydrogen-bond donors (Lipinski definition) is 1. The van der Waals surface area contributed by atoms with Gasteiger partial charge in [0.1, 0.15) is 28.2 Å². The molecule has 0 unspecified atom stereocenters. The lowest BCUT2D eigenvalue weighted by Gasteiger charge is -2.45. The Kier molecular flexibility index (Phi) is 5.27. The molecular weight excluding hydrogens is 415 g/mol. The summed E-state index contributed by atoms with van der Waals surface area (Å²) in [6.45, 7) is 3.57. The number of aryl methyl sites for hydroxylation is 1. The topological polar surface area (TPSA) is 67.9 Å². The highest BCUT2D eigenvalue weighted by Gasteiger charge is 2.57. The van der Waals surface area contributed by atoms with Crippen LogP contribution in [0.3, 0.4) is 0 Å². The highest BCUT2D eigenvalue weighted by molar-refractivity contribution is 8.15. The number of thioether (sulfide) groups is 1. The lowest BCUT2D eigenvalue weighted by molar-refractivity contribution is -0.134. The molecule has 2 aliphatic rings. The lowest BCUT2D eigenvalue weighted by Crippen LogP contribution is -2.51. The first-order valence-corrected chi connectivity index (χ1v) is 10.3. The largest absolute Gasteiger partial charge is 0.492 e. The summed E-state index contributed by atoms with van der Waals surface area (Å²) in [7, 11) is 0. The van der Waals surface area contributed by atoms with Crippen molar-refractivity contribution in [1.82, 2.24) is 5.01 Å². The minimum Gasteiger partial charge on any atom is -0.492 e. The van der Waals surface area contributed by atoms with E-state index in [1.807, 2.05) is 0 Å². The zero-order valence-corrected chi connectivity index (χ0v) is 17.2. The maximum Gasteiger partial charge on any atom is 0.241 e. The highest BCUT2D eigenvalue weighted by atomic mass is 32.2. The van der Waals surface area contributed by atoms with Crippen molar-refractivity contribution in [3.8, 4) is 5.75 Å². The van der Waals surface area contributed by atoms with E-state index in [2.05, 4.69) is 5.10 Å². The van der Waals surface area contributed by atoms with Crippen LogP contribution in [0.2, 0.25) is 0 Å². The number of amides is 1. The van der Waals surface area contributed by atoms with Gasteiger partial charge in [-0.15, -0.1) is 0 Å². The summed E-state index contributed by atoms with van der Waals surface area (Å²) < 4.78 is 48.7. The van der Waals surface area contributed by atoms with Crippen molar-refractivity contribution in [2.45, 2.75) is 25.1 Å². The molecule has 158 valence electrons. The Labute approximate surface area is 176 Å². The van der Waals surface area contributed by atoms with Crippen LogP contribution in [-0.2, 0) is 9.67 Å². The van der Waals surface area contributed by atoms with Gasteiger partial charge in [0.2, 0.25) is 5.91 Å². The molecule has 0 saturated carbocycles. The van der Waals surface area contributed by atoms with E-state index in [4.69, 9.17) is 10.5 Å². The third-order valence-corrected chi connectivity index (χ3v) is 6.87. The number of ether oxygens (including phenoxy) is 1. The number of carbonyl (C=O) groups is 1. The molecule has 1 spiro atoms. The van der Waals surface area contributed by atoms with Crippen molar-refractivity contribution in [2.24, 2.45) is 16.8 Å². The van der Waals surface area contributed by atoms with Gasteiger partial charge in [0.05, 0.1) is 6.61 Å². The van der Waals surface area contributed by atoms with E-state index in [1.54, 1.807) is 6.92 Å². The smallest absolute Gasteiger partial charge is 0.241 e. The number of hydrogen-bond acceptors (Lipinski definition) is 5. The monoisotopic (exact) mass is 435 g/mol. The summed E-state index contributed by atoms with van der Waals surface area (Å²) in [5.41, 5.74) is 6.76. The number of rotatable bonds is 3. The first-order chi connectivity index (χ1) is 14.3. The molecule has 2 aromatic rings. The Morgan fingerprint density at radius 1 is 1.30 bits per heavy atom. The Balaban J connectivity index is 1.94. The van der Waals surface area contributed by atoms with Gasteiger partial charge in [-0.2, -0.15) is 5.10 Å². The van der Waals surface area contributed by atoms with Crippen molar-refractivity contribution < 1.29 is 22.7 Å². The molecule has 2 aromatic carbocycles. The molecule has 2 atom stereocenters. The minimum absolute atomic E-state index is 0.0595. The SMILES string of the molecule is CC(=O)N1N=C(c2cc(F)ccc2F)S[C@]12c1cc(F)cc(C)c1OC[C@@H]2CCN. The number of nitrogens with zero attached hydrogens (tertiary/aromatic N) is 2. The zero-order chi connectivity index (χ0) is 21.6. The van der Waals surface area contributed by atoms with Crippen LogP contribution in [0.15, 0.2) is 35.4 Å². The van der Waals surface area contributed by atoms with E-state index in [-0.39, 0.29) is 23.1 Å². The van der Waals surface area contributed by atoms with Gasteiger partial charge in [0.25, 0.3) is 0 Å². The van der Waals surface area contributed by atoms with Gasteiger partial charge in [-0.05, 0) is 55.8 Å². The number of hydrazone groups is 1.